The van der Waals surface area contributed by atoms with Crippen LogP contribution in [0.15, 0.2) is 51.4 Å². The molecule has 4 heteroatoms. The second kappa shape index (κ2) is 4.89. The number of nitrogens with two attached hydrogens (primary N) is 1. The topological polar surface area (TPSA) is 38.0 Å². The summed E-state index contributed by atoms with van der Waals surface area (Å²) in [5, 5.41) is 3.29. The molecule has 0 bridgehead atoms. The summed E-state index contributed by atoms with van der Waals surface area (Å²) in [6.07, 6.45) is 0. The summed E-state index contributed by atoms with van der Waals surface area (Å²) in [5.41, 5.74) is 8.50. The Morgan fingerprint density at radius 3 is 2.25 bits per heavy atom. The van der Waals surface area contributed by atoms with E-state index >= 15 is 0 Å². The first kappa shape index (κ1) is 11.5. The molecule has 82 valence electrons. The number of halogens is 2. The SMILES string of the molecule is Nc1cccc(Br)c1Nc1ccccc1Br. The molecular formula is C12H10Br2N2. The van der Waals surface area contributed by atoms with Gasteiger partial charge in [-0.1, -0.05) is 18.2 Å². The molecule has 0 aromatic heterocycles. The van der Waals surface area contributed by atoms with Gasteiger partial charge in [0.2, 0.25) is 0 Å². The number of benzene rings is 2. The van der Waals surface area contributed by atoms with Gasteiger partial charge < -0.3 is 11.1 Å². The molecule has 2 rings (SSSR count). The van der Waals surface area contributed by atoms with Gasteiger partial charge in [0.15, 0.2) is 0 Å². The lowest BCUT2D eigenvalue weighted by molar-refractivity contribution is 1.50. The maximum atomic E-state index is 5.91. The van der Waals surface area contributed by atoms with Gasteiger partial charge in [-0.2, -0.15) is 0 Å². The monoisotopic (exact) mass is 340 g/mol. The Morgan fingerprint density at radius 1 is 0.875 bits per heavy atom. The number of anilines is 3. The lowest BCUT2D eigenvalue weighted by Gasteiger charge is -2.12. The van der Waals surface area contributed by atoms with E-state index in [2.05, 4.69) is 37.2 Å². The van der Waals surface area contributed by atoms with E-state index in [1.807, 2.05) is 42.5 Å². The maximum Gasteiger partial charge on any atom is 0.0762 e. The number of para-hydroxylation sites is 2. The summed E-state index contributed by atoms with van der Waals surface area (Å²) in [6.45, 7) is 0. The van der Waals surface area contributed by atoms with Crippen LogP contribution in [0.2, 0.25) is 0 Å². The second-order valence-electron chi connectivity index (χ2n) is 3.31. The standard InChI is InChI=1S/C12H10Br2N2/c13-8-4-1-2-7-11(8)16-12-9(14)5-3-6-10(12)15/h1-7,16H,15H2. The van der Waals surface area contributed by atoms with Crippen LogP contribution in [0.25, 0.3) is 0 Å². The van der Waals surface area contributed by atoms with Crippen LogP contribution in [0.5, 0.6) is 0 Å². The summed E-state index contributed by atoms with van der Waals surface area (Å²) in [5.74, 6) is 0. The molecule has 0 unspecified atom stereocenters. The average Bonchev–Trinajstić information content (AvgIpc) is 2.26. The first-order valence-electron chi connectivity index (χ1n) is 4.74. The van der Waals surface area contributed by atoms with Crippen LogP contribution in [0, 0.1) is 0 Å². The van der Waals surface area contributed by atoms with Crippen molar-refractivity contribution in [3.8, 4) is 0 Å². The van der Waals surface area contributed by atoms with E-state index in [-0.39, 0.29) is 0 Å². The van der Waals surface area contributed by atoms with Crippen molar-refractivity contribution in [3.63, 3.8) is 0 Å². The normalized spacial score (nSPS) is 10.1. The molecule has 0 saturated carbocycles. The predicted molar refractivity (Wildman–Crippen MR) is 76.0 cm³/mol. The van der Waals surface area contributed by atoms with Crippen molar-refractivity contribution in [3.05, 3.63) is 51.4 Å². The van der Waals surface area contributed by atoms with Gasteiger partial charge in [-0.15, -0.1) is 0 Å². The first-order valence-corrected chi connectivity index (χ1v) is 6.32. The van der Waals surface area contributed by atoms with E-state index in [1.54, 1.807) is 0 Å². The van der Waals surface area contributed by atoms with Crippen LogP contribution < -0.4 is 11.1 Å². The molecule has 0 aliphatic carbocycles. The fourth-order valence-electron chi connectivity index (χ4n) is 1.37. The minimum atomic E-state index is 0.713. The fourth-order valence-corrected chi connectivity index (χ4v) is 2.23. The first-order chi connectivity index (χ1) is 7.68. The molecule has 16 heavy (non-hydrogen) atoms. The summed E-state index contributed by atoms with van der Waals surface area (Å²) in [6, 6.07) is 13.6. The van der Waals surface area contributed by atoms with Crippen molar-refractivity contribution < 1.29 is 0 Å². The third-order valence-corrected chi connectivity index (χ3v) is 3.53. The highest BCUT2D eigenvalue weighted by Gasteiger charge is 2.05. The number of nitrogen functional groups attached to an aromatic ring is 1. The molecule has 0 fully saturated rings. The fraction of sp³-hybridized carbons (Fsp3) is 0. The number of nitrogens with one attached hydrogen (secondary N) is 1. The zero-order valence-electron chi connectivity index (χ0n) is 8.37. The Kier molecular flexibility index (Phi) is 3.51. The molecule has 0 atom stereocenters. The van der Waals surface area contributed by atoms with Crippen LogP contribution in [-0.2, 0) is 0 Å². The van der Waals surface area contributed by atoms with Gasteiger partial charge in [0.05, 0.1) is 17.1 Å². The molecule has 0 heterocycles. The van der Waals surface area contributed by atoms with Crippen molar-refractivity contribution >= 4 is 48.9 Å². The number of rotatable bonds is 2. The smallest absolute Gasteiger partial charge is 0.0762 e. The Hall–Kier alpha value is -1.00. The van der Waals surface area contributed by atoms with Crippen molar-refractivity contribution in [2.75, 3.05) is 11.1 Å². The van der Waals surface area contributed by atoms with E-state index in [1.165, 1.54) is 0 Å². The third kappa shape index (κ3) is 2.39. The highest BCUT2D eigenvalue weighted by Crippen LogP contribution is 2.33. The quantitative estimate of drug-likeness (QED) is 0.787. The van der Waals surface area contributed by atoms with Gasteiger partial charge in [-0.25, -0.2) is 0 Å². The molecule has 0 radical (unpaired) electrons. The summed E-state index contributed by atoms with van der Waals surface area (Å²) >= 11 is 6.96. The van der Waals surface area contributed by atoms with Crippen LogP contribution in [0.3, 0.4) is 0 Å². The van der Waals surface area contributed by atoms with Crippen LogP contribution >= 0.6 is 31.9 Å². The highest BCUT2D eigenvalue weighted by atomic mass is 79.9. The Bertz CT molecular complexity index is 492. The third-order valence-electron chi connectivity index (χ3n) is 2.18. The van der Waals surface area contributed by atoms with E-state index in [0.717, 1.165) is 20.3 Å². The molecule has 0 aliphatic rings. The van der Waals surface area contributed by atoms with E-state index in [9.17, 15) is 0 Å². The van der Waals surface area contributed by atoms with Crippen LogP contribution in [0.4, 0.5) is 17.1 Å². The molecule has 0 spiro atoms. The second-order valence-corrected chi connectivity index (χ2v) is 5.02. The van der Waals surface area contributed by atoms with Crippen molar-refractivity contribution in [2.45, 2.75) is 0 Å². The van der Waals surface area contributed by atoms with E-state index in [0.29, 0.717) is 5.69 Å². The predicted octanol–water partition coefficient (Wildman–Crippen LogP) is 4.54. The zero-order chi connectivity index (χ0) is 11.5. The largest absolute Gasteiger partial charge is 0.397 e. The molecule has 2 nitrogen and oxygen atoms in total. The van der Waals surface area contributed by atoms with E-state index < -0.39 is 0 Å². The van der Waals surface area contributed by atoms with E-state index in [4.69, 9.17) is 5.73 Å². The van der Waals surface area contributed by atoms with Gasteiger partial charge in [-0.3, -0.25) is 0 Å². The number of hydrogen-bond donors (Lipinski definition) is 2. The molecule has 0 amide bonds. The molecule has 2 aromatic carbocycles. The van der Waals surface area contributed by atoms with Gasteiger partial charge in [0.25, 0.3) is 0 Å². The maximum absolute atomic E-state index is 5.91. The minimum Gasteiger partial charge on any atom is -0.397 e. The Morgan fingerprint density at radius 2 is 1.56 bits per heavy atom. The minimum absolute atomic E-state index is 0.713. The highest BCUT2D eigenvalue weighted by molar-refractivity contribution is 9.11. The summed E-state index contributed by atoms with van der Waals surface area (Å²) in [4.78, 5) is 0. The van der Waals surface area contributed by atoms with Gasteiger partial charge >= 0.3 is 0 Å². The molecule has 2 aromatic rings. The van der Waals surface area contributed by atoms with Crippen LogP contribution in [-0.4, -0.2) is 0 Å². The van der Waals surface area contributed by atoms with Gasteiger partial charge in [0, 0.05) is 8.95 Å². The molecule has 0 saturated heterocycles. The van der Waals surface area contributed by atoms with Crippen molar-refractivity contribution in [1.82, 2.24) is 0 Å². The lowest BCUT2D eigenvalue weighted by atomic mass is 10.2. The van der Waals surface area contributed by atoms with Gasteiger partial charge in [0.1, 0.15) is 0 Å². The number of hydrogen-bond acceptors (Lipinski definition) is 2. The Labute approximate surface area is 111 Å². The summed E-state index contributed by atoms with van der Waals surface area (Å²) < 4.78 is 1.95. The van der Waals surface area contributed by atoms with Crippen molar-refractivity contribution in [1.29, 1.82) is 0 Å². The van der Waals surface area contributed by atoms with Gasteiger partial charge in [-0.05, 0) is 56.1 Å². The molecule has 0 aliphatic heterocycles. The lowest BCUT2D eigenvalue weighted by Crippen LogP contribution is -1.97. The average molecular weight is 342 g/mol. The molecular weight excluding hydrogens is 332 g/mol. The van der Waals surface area contributed by atoms with Crippen molar-refractivity contribution in [2.24, 2.45) is 0 Å². The molecule has 3 N–H and O–H groups in total. The summed E-state index contributed by atoms with van der Waals surface area (Å²) in [7, 11) is 0. The zero-order valence-corrected chi connectivity index (χ0v) is 11.5. The van der Waals surface area contributed by atoms with Crippen LogP contribution in [0.1, 0.15) is 0 Å². The Balaban J connectivity index is 2.38.